The van der Waals surface area contributed by atoms with Gasteiger partial charge in [0.15, 0.2) is 0 Å². The van der Waals surface area contributed by atoms with E-state index < -0.39 is 0 Å². The first-order valence-electron chi connectivity index (χ1n) is 7.69. The summed E-state index contributed by atoms with van der Waals surface area (Å²) in [5, 5.41) is 10.8. The van der Waals surface area contributed by atoms with Gasteiger partial charge in [0.1, 0.15) is 5.84 Å². The lowest BCUT2D eigenvalue weighted by Crippen LogP contribution is -2.15. The zero-order valence-corrected chi connectivity index (χ0v) is 13.6. The van der Waals surface area contributed by atoms with Crippen LogP contribution in [0.25, 0.3) is 5.57 Å². The Morgan fingerprint density at radius 1 is 1.35 bits per heavy atom. The molecule has 0 bridgehead atoms. The van der Waals surface area contributed by atoms with Crippen molar-refractivity contribution in [3.63, 3.8) is 0 Å². The molecule has 0 aromatic heterocycles. The molecule has 0 aliphatic heterocycles. The van der Waals surface area contributed by atoms with E-state index in [1.54, 1.807) is 0 Å². The van der Waals surface area contributed by atoms with E-state index in [0.717, 1.165) is 40.4 Å². The summed E-state index contributed by atoms with van der Waals surface area (Å²) < 4.78 is 0. The van der Waals surface area contributed by atoms with Gasteiger partial charge in [-0.15, -0.1) is 0 Å². The van der Waals surface area contributed by atoms with E-state index in [1.807, 2.05) is 50.3 Å². The Morgan fingerprint density at radius 3 is 2.65 bits per heavy atom. The highest BCUT2D eigenvalue weighted by atomic mass is 15.0. The molecular weight excluding hydrogens is 284 g/mol. The average Bonchev–Trinajstić information content (AvgIpc) is 3.05. The van der Waals surface area contributed by atoms with Gasteiger partial charge in [-0.2, -0.15) is 0 Å². The topological polar surface area (TPSA) is 60.6 Å². The van der Waals surface area contributed by atoms with Crippen molar-refractivity contribution in [3.8, 4) is 0 Å². The Kier molecular flexibility index (Phi) is 5.80. The summed E-state index contributed by atoms with van der Waals surface area (Å²) in [6.07, 6.45) is 8.15. The summed E-state index contributed by atoms with van der Waals surface area (Å²) in [4.78, 5) is 8.62. The van der Waals surface area contributed by atoms with Crippen LogP contribution in [-0.4, -0.2) is 25.3 Å². The van der Waals surface area contributed by atoms with E-state index in [-0.39, 0.29) is 0 Å². The molecule has 0 atom stereocenters. The second-order valence-electron chi connectivity index (χ2n) is 5.04. The monoisotopic (exact) mass is 306 g/mol. The fourth-order valence-electron chi connectivity index (χ4n) is 2.44. The van der Waals surface area contributed by atoms with Gasteiger partial charge in [-0.3, -0.25) is 9.98 Å². The zero-order chi connectivity index (χ0) is 16.7. The third-order valence-corrected chi connectivity index (χ3v) is 3.63. The maximum absolute atomic E-state index is 7.42. The van der Waals surface area contributed by atoms with Gasteiger partial charge in [0.05, 0.1) is 5.70 Å². The molecule has 1 aromatic carbocycles. The number of rotatable bonds is 6. The molecule has 0 radical (unpaired) electrons. The second kappa shape index (κ2) is 8.03. The van der Waals surface area contributed by atoms with Crippen molar-refractivity contribution >= 4 is 30.0 Å². The Bertz CT molecular complexity index is 703. The molecule has 0 saturated heterocycles. The number of nitrogens with zero attached hydrogens (tertiary/aromatic N) is 2. The number of hydrogen-bond donors (Lipinski definition) is 2. The van der Waals surface area contributed by atoms with Crippen LogP contribution < -0.4 is 5.32 Å². The van der Waals surface area contributed by atoms with E-state index in [4.69, 9.17) is 5.41 Å². The normalized spacial score (nSPS) is 15.0. The molecule has 1 aliphatic carbocycles. The van der Waals surface area contributed by atoms with Crippen molar-refractivity contribution in [2.24, 2.45) is 9.98 Å². The highest BCUT2D eigenvalue weighted by Gasteiger charge is 2.14. The minimum Gasteiger partial charge on any atom is -0.340 e. The van der Waals surface area contributed by atoms with Gasteiger partial charge >= 0.3 is 0 Å². The first-order valence-corrected chi connectivity index (χ1v) is 7.69. The van der Waals surface area contributed by atoms with Gasteiger partial charge in [0.2, 0.25) is 0 Å². The smallest absolute Gasteiger partial charge is 0.131 e. The summed E-state index contributed by atoms with van der Waals surface area (Å²) in [5.41, 5.74) is 4.84. The van der Waals surface area contributed by atoms with Crippen LogP contribution >= 0.6 is 0 Å². The maximum Gasteiger partial charge on any atom is 0.131 e. The van der Waals surface area contributed by atoms with E-state index in [1.165, 1.54) is 6.21 Å². The third kappa shape index (κ3) is 3.92. The first-order chi connectivity index (χ1) is 11.2. The van der Waals surface area contributed by atoms with Crippen LogP contribution in [0.4, 0.5) is 5.69 Å². The quantitative estimate of drug-likeness (QED) is 0.590. The van der Waals surface area contributed by atoms with Crippen LogP contribution in [0.15, 0.2) is 63.7 Å². The predicted molar refractivity (Wildman–Crippen MR) is 101 cm³/mol. The Labute approximate surface area is 137 Å². The second-order valence-corrected chi connectivity index (χ2v) is 5.04. The molecule has 2 N–H and O–H groups in total. The van der Waals surface area contributed by atoms with Gasteiger partial charge in [-0.05, 0) is 56.3 Å². The molecule has 118 valence electrons. The van der Waals surface area contributed by atoms with Crippen molar-refractivity contribution in [1.82, 2.24) is 0 Å². The first kappa shape index (κ1) is 16.6. The van der Waals surface area contributed by atoms with Crippen molar-refractivity contribution in [1.29, 1.82) is 5.41 Å². The summed E-state index contributed by atoms with van der Waals surface area (Å²) in [5.74, 6) is 0.839. The highest BCUT2D eigenvalue weighted by molar-refractivity contribution is 6.10. The molecule has 0 fully saturated rings. The lowest BCUT2D eigenvalue weighted by molar-refractivity contribution is 1.12. The minimum absolute atomic E-state index is 0.699. The van der Waals surface area contributed by atoms with Crippen LogP contribution in [0.2, 0.25) is 0 Å². The lowest BCUT2D eigenvalue weighted by Gasteiger charge is -2.13. The SMILES string of the molecule is C=NC1=C(C(=NCC)Nc2ccc(/C(C=N)=C/C)cc2)CC=C1. The number of allylic oxidation sites excluding steroid dienone is 4. The Morgan fingerprint density at radius 2 is 2.09 bits per heavy atom. The van der Waals surface area contributed by atoms with E-state index in [0.29, 0.717) is 6.54 Å². The molecule has 0 amide bonds. The van der Waals surface area contributed by atoms with Crippen molar-refractivity contribution < 1.29 is 0 Å². The lowest BCUT2D eigenvalue weighted by atomic mass is 10.1. The highest BCUT2D eigenvalue weighted by Crippen LogP contribution is 2.23. The zero-order valence-electron chi connectivity index (χ0n) is 13.6. The number of benzene rings is 1. The third-order valence-electron chi connectivity index (χ3n) is 3.63. The molecule has 0 saturated carbocycles. The predicted octanol–water partition coefficient (Wildman–Crippen LogP) is 4.48. The van der Waals surface area contributed by atoms with Crippen LogP contribution in [0.3, 0.4) is 0 Å². The summed E-state index contributed by atoms with van der Waals surface area (Å²) in [6.45, 7) is 8.27. The molecule has 23 heavy (non-hydrogen) atoms. The van der Waals surface area contributed by atoms with Gasteiger partial charge in [0.25, 0.3) is 0 Å². The Balaban J connectivity index is 2.24. The number of nitrogens with one attached hydrogen (secondary N) is 2. The number of amidine groups is 1. The maximum atomic E-state index is 7.42. The summed E-state index contributed by atoms with van der Waals surface area (Å²) >= 11 is 0. The van der Waals surface area contributed by atoms with Crippen molar-refractivity contribution in [2.45, 2.75) is 20.3 Å². The van der Waals surface area contributed by atoms with E-state index >= 15 is 0 Å². The Hall–Kier alpha value is -2.75. The average molecular weight is 306 g/mol. The number of aliphatic imine (C=N–C) groups is 2. The number of anilines is 1. The van der Waals surface area contributed by atoms with Crippen molar-refractivity contribution in [2.75, 3.05) is 11.9 Å². The van der Waals surface area contributed by atoms with Crippen LogP contribution in [0.1, 0.15) is 25.8 Å². The molecule has 0 spiro atoms. The van der Waals surface area contributed by atoms with E-state index in [9.17, 15) is 0 Å². The van der Waals surface area contributed by atoms with Gasteiger partial charge in [-0.25, -0.2) is 0 Å². The largest absolute Gasteiger partial charge is 0.340 e. The molecular formula is C19H22N4. The van der Waals surface area contributed by atoms with Gasteiger partial charge in [-0.1, -0.05) is 24.3 Å². The fourth-order valence-corrected chi connectivity index (χ4v) is 2.44. The molecule has 1 aliphatic rings. The van der Waals surface area contributed by atoms with Crippen LogP contribution in [-0.2, 0) is 0 Å². The molecule has 0 unspecified atom stereocenters. The molecule has 4 nitrogen and oxygen atoms in total. The molecule has 1 aromatic rings. The fraction of sp³-hybridized carbons (Fsp3) is 0.211. The molecule has 2 rings (SSSR count). The summed E-state index contributed by atoms with van der Waals surface area (Å²) in [6, 6.07) is 8.00. The van der Waals surface area contributed by atoms with E-state index in [2.05, 4.69) is 28.1 Å². The van der Waals surface area contributed by atoms with Crippen LogP contribution in [0.5, 0.6) is 0 Å². The van der Waals surface area contributed by atoms with Crippen LogP contribution in [0, 0.1) is 5.41 Å². The van der Waals surface area contributed by atoms with Crippen molar-refractivity contribution in [3.05, 3.63) is 59.3 Å². The summed E-state index contributed by atoms with van der Waals surface area (Å²) in [7, 11) is 0. The standard InChI is InChI=1S/C19H22N4/c1-4-14(13-20)15-9-11-16(12-10-15)23-19(22-5-2)17-7-6-8-18(17)21-3/h4,6,8-13,20H,3,5,7H2,1-2H3,(H,22,23)/b14-4+,20-13?. The minimum atomic E-state index is 0.699. The molecule has 4 heteroatoms. The van der Waals surface area contributed by atoms with Gasteiger partial charge in [0, 0.05) is 24.0 Å². The number of hydrogen-bond acceptors (Lipinski definition) is 3. The molecule has 0 heterocycles. The van der Waals surface area contributed by atoms with Gasteiger partial charge < -0.3 is 10.7 Å².